The van der Waals surface area contributed by atoms with Crippen LogP contribution < -0.4 is 4.90 Å². The Morgan fingerprint density at radius 1 is 0.902 bits per heavy atom. The molecule has 0 saturated carbocycles. The van der Waals surface area contributed by atoms with Crippen molar-refractivity contribution in [3.63, 3.8) is 0 Å². The lowest BCUT2D eigenvalue weighted by Crippen LogP contribution is -2.60. The molecule has 0 radical (unpaired) electrons. The number of fused-ring (bicyclic) bond motifs is 2. The lowest BCUT2D eigenvalue weighted by molar-refractivity contribution is -0.127. The molecule has 0 bridgehead atoms. The molecule has 1 spiro atoms. The number of unbranched alkanes of at least 4 members (excludes halogenated alkanes) is 1. The van der Waals surface area contributed by atoms with Crippen molar-refractivity contribution in [1.82, 2.24) is 28.6 Å². The number of anilines is 1. The molecule has 4 aromatic rings. The van der Waals surface area contributed by atoms with E-state index in [1.807, 2.05) is 6.07 Å². The van der Waals surface area contributed by atoms with Gasteiger partial charge in [-0.1, -0.05) is 12.1 Å². The van der Waals surface area contributed by atoms with Gasteiger partial charge in [-0.3, -0.25) is 4.90 Å². The van der Waals surface area contributed by atoms with Gasteiger partial charge in [0.15, 0.2) is 0 Å². The van der Waals surface area contributed by atoms with Gasteiger partial charge in [-0.15, -0.1) is 0 Å². The van der Waals surface area contributed by atoms with Crippen LogP contribution in [0.2, 0.25) is 0 Å². The predicted molar refractivity (Wildman–Crippen MR) is 192 cm³/mol. The number of rotatable bonds is 10. The van der Waals surface area contributed by atoms with Gasteiger partial charge in [0.05, 0.1) is 18.2 Å². The summed E-state index contributed by atoms with van der Waals surface area (Å²) in [6.45, 7) is 10.9. The van der Waals surface area contributed by atoms with E-state index < -0.39 is 22.6 Å². The molecule has 0 amide bonds. The Bertz CT molecular complexity index is 2050. The smallest absolute Gasteiger partial charge is 0.355 e. The molecule has 3 fully saturated rings. The van der Waals surface area contributed by atoms with Gasteiger partial charge in [0, 0.05) is 74.1 Å². The molecule has 3 aliphatic heterocycles. The normalized spacial score (nSPS) is 19.2. The van der Waals surface area contributed by atoms with Crippen LogP contribution in [0.5, 0.6) is 0 Å². The van der Waals surface area contributed by atoms with E-state index in [9.17, 15) is 26.9 Å². The summed E-state index contributed by atoms with van der Waals surface area (Å²) in [7, 11) is -3.13. The number of hydrogen-bond donors (Lipinski definition) is 0. The van der Waals surface area contributed by atoms with Crippen LogP contribution in [0.3, 0.4) is 0 Å². The maximum absolute atomic E-state index is 13.1. The van der Waals surface area contributed by atoms with Gasteiger partial charge in [-0.2, -0.15) is 22.7 Å². The van der Waals surface area contributed by atoms with Gasteiger partial charge in [-0.25, -0.2) is 18.4 Å². The van der Waals surface area contributed by atoms with Crippen LogP contribution in [0.4, 0.5) is 19.0 Å². The third-order valence-electron chi connectivity index (χ3n) is 11.2. The van der Waals surface area contributed by atoms with Gasteiger partial charge in [0.2, 0.25) is 10.0 Å². The zero-order chi connectivity index (χ0) is 36.0. The fourth-order valence-corrected chi connectivity index (χ4v) is 9.08. The topological polar surface area (TPSA) is 102 Å². The van der Waals surface area contributed by atoms with E-state index in [-0.39, 0.29) is 11.0 Å². The minimum absolute atomic E-state index is 0.180. The van der Waals surface area contributed by atoms with Crippen molar-refractivity contribution < 1.29 is 21.6 Å². The van der Waals surface area contributed by atoms with Crippen LogP contribution in [-0.2, 0) is 29.5 Å². The maximum atomic E-state index is 13.1. The van der Waals surface area contributed by atoms with Crippen LogP contribution in [0, 0.1) is 23.7 Å². The van der Waals surface area contributed by atoms with E-state index in [2.05, 4.69) is 54.4 Å². The lowest BCUT2D eigenvalue weighted by atomic mass is 9.72. The molecule has 0 atom stereocenters. The van der Waals surface area contributed by atoms with Gasteiger partial charge in [-0.05, 0) is 93.2 Å². The maximum Gasteiger partial charge on any atom is 0.393 e. The number of aryl methyl sites for hydroxylation is 2. The molecule has 272 valence electrons. The first kappa shape index (κ1) is 35.6. The molecule has 0 aliphatic carbocycles. The first-order chi connectivity index (χ1) is 24.3. The van der Waals surface area contributed by atoms with E-state index in [1.54, 1.807) is 16.4 Å². The van der Waals surface area contributed by atoms with E-state index in [0.717, 1.165) is 101 Å². The van der Waals surface area contributed by atoms with Crippen molar-refractivity contribution in [3.8, 4) is 6.07 Å². The number of sulfonamides is 1. The van der Waals surface area contributed by atoms with Crippen molar-refractivity contribution in [3.05, 3.63) is 65.1 Å². The summed E-state index contributed by atoms with van der Waals surface area (Å²) in [6, 6.07) is 13.5. The number of nitrogens with zero attached hydrogens (tertiary/aromatic N) is 8. The van der Waals surface area contributed by atoms with Crippen molar-refractivity contribution in [2.45, 2.75) is 58.3 Å². The number of halogens is 3. The number of piperazine rings is 1. The van der Waals surface area contributed by atoms with Crippen molar-refractivity contribution in [2.75, 3.05) is 70.1 Å². The highest BCUT2D eigenvalue weighted by molar-refractivity contribution is 7.88. The average molecular weight is 723 g/mol. The summed E-state index contributed by atoms with van der Waals surface area (Å²) in [5.41, 5.74) is 5.30. The minimum atomic E-state index is -4.27. The third-order valence-corrected chi connectivity index (χ3v) is 12.5. The Morgan fingerprint density at radius 3 is 2.31 bits per heavy atom. The van der Waals surface area contributed by atoms with Gasteiger partial charge in [0.1, 0.15) is 23.9 Å². The molecule has 0 N–H and O–H groups in total. The Kier molecular flexibility index (Phi) is 9.77. The number of aromatic nitrogens is 3. The quantitative estimate of drug-likeness (QED) is 0.203. The van der Waals surface area contributed by atoms with Crippen LogP contribution in [0.1, 0.15) is 48.1 Å². The second-order valence-electron chi connectivity index (χ2n) is 14.8. The zero-order valence-corrected chi connectivity index (χ0v) is 30.1. The number of nitriles is 1. The van der Waals surface area contributed by atoms with E-state index >= 15 is 0 Å². The first-order valence-corrected chi connectivity index (χ1v) is 19.6. The molecular weight excluding hydrogens is 678 g/mol. The largest absolute Gasteiger partial charge is 0.393 e. The van der Waals surface area contributed by atoms with Crippen LogP contribution in [0.15, 0.2) is 42.7 Å². The van der Waals surface area contributed by atoms with Crippen LogP contribution >= 0.6 is 0 Å². The second kappa shape index (κ2) is 14.0. The molecule has 51 heavy (non-hydrogen) atoms. The van der Waals surface area contributed by atoms with E-state index in [1.165, 1.54) is 29.8 Å². The van der Waals surface area contributed by atoms with Crippen molar-refractivity contribution in [1.29, 1.82) is 5.26 Å². The minimum Gasteiger partial charge on any atom is -0.355 e. The lowest BCUT2D eigenvalue weighted by Gasteiger charge is -2.54. The Hall–Kier alpha value is -3.77. The van der Waals surface area contributed by atoms with Crippen LogP contribution in [0.25, 0.3) is 21.8 Å². The number of hydrogen-bond acceptors (Lipinski definition) is 8. The Morgan fingerprint density at radius 2 is 1.63 bits per heavy atom. The highest BCUT2D eigenvalue weighted by Crippen LogP contribution is 2.44. The predicted octanol–water partition coefficient (Wildman–Crippen LogP) is 5.33. The summed E-state index contributed by atoms with van der Waals surface area (Å²) < 4.78 is 66.5. The number of piperidine rings is 1. The van der Waals surface area contributed by atoms with Gasteiger partial charge < -0.3 is 14.4 Å². The van der Waals surface area contributed by atoms with Gasteiger partial charge in [0.25, 0.3) is 0 Å². The summed E-state index contributed by atoms with van der Waals surface area (Å²) in [4.78, 5) is 15.8. The molecule has 3 aliphatic rings. The molecular formula is C37H45F3N8O2S. The number of likely N-dealkylation sites (tertiary alicyclic amines) is 1. The van der Waals surface area contributed by atoms with Gasteiger partial charge >= 0.3 is 6.18 Å². The monoisotopic (exact) mass is 722 g/mol. The summed E-state index contributed by atoms with van der Waals surface area (Å²) in [5, 5.41) is 11.8. The fourth-order valence-electron chi connectivity index (χ4n) is 8.26. The zero-order valence-electron chi connectivity index (χ0n) is 29.3. The summed E-state index contributed by atoms with van der Waals surface area (Å²) in [6.07, 6.45) is 1.55. The van der Waals surface area contributed by atoms with Crippen molar-refractivity contribution >= 4 is 37.6 Å². The molecule has 5 heterocycles. The van der Waals surface area contributed by atoms with Crippen molar-refractivity contribution in [2.24, 2.45) is 5.41 Å². The summed E-state index contributed by atoms with van der Waals surface area (Å²) in [5.74, 6) is 0.717. The molecule has 2 aromatic carbocycles. The van der Waals surface area contributed by atoms with Crippen LogP contribution in [-0.4, -0.2) is 108 Å². The molecule has 7 rings (SSSR count). The van der Waals surface area contributed by atoms with E-state index in [4.69, 9.17) is 0 Å². The molecule has 0 unspecified atom stereocenters. The average Bonchev–Trinajstić information content (AvgIpc) is 3.44. The van der Waals surface area contributed by atoms with E-state index in [0.29, 0.717) is 29.7 Å². The molecule has 10 nitrogen and oxygen atoms in total. The fraction of sp³-hybridized carbons (Fsp3) is 0.541. The summed E-state index contributed by atoms with van der Waals surface area (Å²) >= 11 is 0. The molecule has 3 saturated heterocycles. The highest BCUT2D eigenvalue weighted by Gasteiger charge is 2.45. The Balaban J connectivity index is 0.931. The Labute approximate surface area is 297 Å². The second-order valence-corrected chi connectivity index (χ2v) is 16.7. The number of alkyl halides is 3. The third kappa shape index (κ3) is 7.72. The SMILES string of the molecule is Cc1c(CN2CCC3(CC2)CN(c2ncnc4ccc(CC(F)(F)F)cc24)C3)ccc2c1cc(C#N)n2CCCCN1CCN(S(C)(=O)=O)CC1. The molecule has 2 aromatic heterocycles. The molecule has 14 heteroatoms. The first-order valence-electron chi connectivity index (χ1n) is 17.8. The standard InChI is InChI=1S/C37H45F3N8O2S/c1-27-29(6-8-34-31(27)20-30(22-41)48(34)12-4-3-11-44-15-17-47(18-16-44)51(2,49)50)23-45-13-9-36(10-14-45)24-46(25-36)35-32-19-28(21-37(38,39)40)5-7-33(32)42-26-43-35/h5-8,19-20,26H,3-4,9-18,21,23-25H2,1-2H3. The highest BCUT2D eigenvalue weighted by atomic mass is 32.2. The number of benzene rings is 2.